The quantitative estimate of drug-likeness (QED) is 0.324. The second-order valence-electron chi connectivity index (χ2n) is 9.67. The molecule has 0 radical (unpaired) electrons. The second-order valence-corrected chi connectivity index (χ2v) is 9.67. The Hall–Kier alpha value is -3.86. The lowest BCUT2D eigenvalue weighted by Gasteiger charge is -2.47. The van der Waals surface area contributed by atoms with Gasteiger partial charge in [0.15, 0.2) is 23.1 Å². The van der Waals surface area contributed by atoms with Crippen molar-refractivity contribution in [3.8, 4) is 22.6 Å². The molecule has 3 fully saturated rings. The molecule has 2 unspecified atom stereocenters. The second kappa shape index (κ2) is 8.42. The van der Waals surface area contributed by atoms with Crippen molar-refractivity contribution in [2.75, 3.05) is 5.32 Å². The van der Waals surface area contributed by atoms with Gasteiger partial charge < -0.3 is 10.3 Å². The van der Waals surface area contributed by atoms with E-state index in [2.05, 4.69) is 37.0 Å². The Morgan fingerprint density at radius 2 is 1.80 bits per heavy atom. The summed E-state index contributed by atoms with van der Waals surface area (Å²) in [6.07, 6.45) is 7.56. The van der Waals surface area contributed by atoms with Crippen LogP contribution < -0.4 is 5.32 Å². The summed E-state index contributed by atoms with van der Waals surface area (Å²) in [6, 6.07) is 8.18. The van der Waals surface area contributed by atoms with Crippen molar-refractivity contribution in [2.45, 2.75) is 38.6 Å². The molecule has 6 nitrogen and oxygen atoms in total. The fourth-order valence-electron chi connectivity index (χ4n) is 5.87. The molecule has 3 aliphatic rings. The molecular formula is C27H24F2N6. The summed E-state index contributed by atoms with van der Waals surface area (Å²) in [5.41, 5.74) is 2.20. The van der Waals surface area contributed by atoms with Crippen LogP contribution in [0.5, 0.6) is 0 Å². The van der Waals surface area contributed by atoms with E-state index < -0.39 is 11.6 Å². The molecule has 3 saturated carbocycles. The van der Waals surface area contributed by atoms with Crippen molar-refractivity contribution in [1.82, 2.24) is 19.9 Å². The minimum absolute atomic E-state index is 0.138. The van der Waals surface area contributed by atoms with E-state index in [9.17, 15) is 4.39 Å². The number of nitrogens with zero attached hydrogens (tertiary/aromatic N) is 4. The van der Waals surface area contributed by atoms with Crippen LogP contribution in [0.25, 0.3) is 38.5 Å². The van der Waals surface area contributed by atoms with Crippen molar-refractivity contribution in [1.29, 1.82) is 0 Å². The fourth-order valence-corrected chi connectivity index (χ4v) is 5.87. The van der Waals surface area contributed by atoms with E-state index >= 15 is 4.39 Å². The Labute approximate surface area is 201 Å². The maximum absolute atomic E-state index is 15.9. The minimum Gasteiger partial charge on any atom is -0.364 e. The van der Waals surface area contributed by atoms with Gasteiger partial charge in [0.2, 0.25) is 0 Å². The van der Waals surface area contributed by atoms with Crippen LogP contribution in [0.3, 0.4) is 0 Å². The van der Waals surface area contributed by atoms with Crippen LogP contribution in [0.2, 0.25) is 0 Å². The number of nitrogens with one attached hydrogen (secondary N) is 2. The van der Waals surface area contributed by atoms with Gasteiger partial charge in [-0.1, -0.05) is 31.2 Å². The molecule has 0 spiro atoms. The highest BCUT2D eigenvalue weighted by Gasteiger charge is 2.41. The predicted molar refractivity (Wildman–Crippen MR) is 131 cm³/mol. The van der Waals surface area contributed by atoms with E-state index in [-0.39, 0.29) is 23.4 Å². The molecule has 4 aromatic rings. The zero-order valence-electron chi connectivity index (χ0n) is 19.2. The zero-order chi connectivity index (χ0) is 24.1. The van der Waals surface area contributed by atoms with Crippen LogP contribution in [0.15, 0.2) is 42.7 Å². The normalized spacial score (nSPS) is 23.4. The highest BCUT2D eigenvalue weighted by Crippen LogP contribution is 2.46. The largest absolute Gasteiger partial charge is 0.364 e. The number of rotatable bonds is 4. The maximum Gasteiger partial charge on any atom is 0.191 e. The van der Waals surface area contributed by atoms with Crippen molar-refractivity contribution in [3.63, 3.8) is 0 Å². The van der Waals surface area contributed by atoms with Crippen LogP contribution in [-0.4, -0.2) is 26.0 Å². The number of halogens is 2. The SMILES string of the molecule is [C-]#[N+]c1ccc(-c2nc(-c3c[nH]c4ncc(F)cc34)nc(NC3C4CCC(CC4)C3C)c2F)cc1. The third-order valence-corrected chi connectivity index (χ3v) is 7.80. The molecule has 35 heavy (non-hydrogen) atoms. The summed E-state index contributed by atoms with van der Waals surface area (Å²) < 4.78 is 29.9. The molecule has 3 heterocycles. The molecule has 8 heteroatoms. The van der Waals surface area contributed by atoms with Gasteiger partial charge in [-0.05, 0) is 49.5 Å². The summed E-state index contributed by atoms with van der Waals surface area (Å²) in [7, 11) is 0. The topological polar surface area (TPSA) is 70.8 Å². The standard InChI is InChI=1S/C27H24F2N6/c1-14-15-3-5-16(6-4-15)23(14)33-27-22(29)24(17-7-9-19(30-2)10-8-17)34-26(35-27)21-13-32-25-20(21)11-18(28)12-31-25/h7-16,23H,3-6H2,1H3,(H,31,32)(H,33,34,35). The van der Waals surface area contributed by atoms with Crippen LogP contribution in [0, 0.1) is 36.0 Å². The number of hydrogen-bond donors (Lipinski definition) is 2. The number of anilines is 1. The summed E-state index contributed by atoms with van der Waals surface area (Å²) in [4.78, 5) is 19.7. The number of aromatic amines is 1. The first kappa shape index (κ1) is 21.7. The number of hydrogen-bond acceptors (Lipinski definition) is 4. The average Bonchev–Trinajstić information content (AvgIpc) is 3.30. The van der Waals surface area contributed by atoms with Gasteiger partial charge >= 0.3 is 0 Å². The van der Waals surface area contributed by atoms with E-state index in [1.54, 1.807) is 30.5 Å². The van der Waals surface area contributed by atoms with Gasteiger partial charge in [0, 0.05) is 28.8 Å². The lowest BCUT2D eigenvalue weighted by molar-refractivity contribution is 0.0926. The number of pyridine rings is 1. The first-order valence-electron chi connectivity index (χ1n) is 12.0. The number of fused-ring (bicyclic) bond motifs is 4. The van der Waals surface area contributed by atoms with Gasteiger partial charge in [0.05, 0.1) is 12.8 Å². The summed E-state index contributed by atoms with van der Waals surface area (Å²) in [5.74, 6) is 0.995. The molecule has 176 valence electrons. The van der Waals surface area contributed by atoms with Crippen LogP contribution >= 0.6 is 0 Å². The molecular weight excluding hydrogens is 446 g/mol. The first-order chi connectivity index (χ1) is 17.0. The first-order valence-corrected chi connectivity index (χ1v) is 12.0. The van der Waals surface area contributed by atoms with E-state index in [4.69, 9.17) is 6.57 Å². The molecule has 7 rings (SSSR count). The Morgan fingerprint density at radius 3 is 2.51 bits per heavy atom. The Bertz CT molecular complexity index is 1450. The van der Waals surface area contributed by atoms with E-state index in [1.807, 2.05) is 0 Å². The highest BCUT2D eigenvalue weighted by atomic mass is 19.1. The molecule has 2 atom stereocenters. The summed E-state index contributed by atoms with van der Waals surface area (Å²) in [6.45, 7) is 9.44. The molecule has 0 saturated heterocycles. The van der Waals surface area contributed by atoms with Crippen LogP contribution in [0.1, 0.15) is 32.6 Å². The van der Waals surface area contributed by atoms with Crippen molar-refractivity contribution < 1.29 is 8.78 Å². The van der Waals surface area contributed by atoms with Gasteiger partial charge in [-0.15, -0.1) is 0 Å². The fraction of sp³-hybridized carbons (Fsp3) is 0.333. The van der Waals surface area contributed by atoms with Crippen molar-refractivity contribution in [3.05, 3.63) is 65.8 Å². The molecule has 1 aromatic carbocycles. The van der Waals surface area contributed by atoms with Crippen molar-refractivity contribution >= 4 is 22.5 Å². The highest BCUT2D eigenvalue weighted by molar-refractivity contribution is 5.92. The van der Waals surface area contributed by atoms with Crippen LogP contribution in [0.4, 0.5) is 20.3 Å². The predicted octanol–water partition coefficient (Wildman–Crippen LogP) is 6.75. The lowest BCUT2D eigenvalue weighted by atomic mass is 9.62. The lowest BCUT2D eigenvalue weighted by Crippen LogP contribution is -2.47. The van der Waals surface area contributed by atoms with Gasteiger partial charge in [-0.2, -0.15) is 0 Å². The maximum atomic E-state index is 15.9. The summed E-state index contributed by atoms with van der Waals surface area (Å²) in [5, 5.41) is 3.98. The van der Waals surface area contributed by atoms with E-state index in [1.165, 1.54) is 18.9 Å². The Morgan fingerprint density at radius 1 is 1.06 bits per heavy atom. The monoisotopic (exact) mass is 470 g/mol. The zero-order valence-corrected chi connectivity index (χ0v) is 19.2. The minimum atomic E-state index is -0.526. The van der Waals surface area contributed by atoms with Crippen LogP contribution in [-0.2, 0) is 0 Å². The Balaban J connectivity index is 1.49. The molecule has 2 bridgehead atoms. The number of aromatic nitrogens is 4. The smallest absolute Gasteiger partial charge is 0.191 e. The molecule has 0 aliphatic heterocycles. The van der Waals surface area contributed by atoms with Crippen molar-refractivity contribution in [2.24, 2.45) is 17.8 Å². The average molecular weight is 471 g/mol. The third kappa shape index (κ3) is 3.72. The molecule has 3 aliphatic carbocycles. The molecule has 3 aromatic heterocycles. The molecule has 0 amide bonds. The summed E-state index contributed by atoms with van der Waals surface area (Å²) >= 11 is 0. The Kier molecular flexibility index (Phi) is 5.21. The van der Waals surface area contributed by atoms with E-state index in [0.29, 0.717) is 45.6 Å². The molecule has 2 N–H and O–H groups in total. The van der Waals surface area contributed by atoms with Gasteiger partial charge in [0.25, 0.3) is 0 Å². The van der Waals surface area contributed by atoms with Gasteiger partial charge in [0.1, 0.15) is 17.2 Å². The third-order valence-electron chi connectivity index (χ3n) is 7.80. The number of benzene rings is 1. The van der Waals surface area contributed by atoms with Gasteiger partial charge in [-0.3, -0.25) is 0 Å². The van der Waals surface area contributed by atoms with E-state index in [0.717, 1.165) is 19.0 Å². The van der Waals surface area contributed by atoms with Gasteiger partial charge in [-0.25, -0.2) is 28.6 Å². The number of H-pyrrole nitrogens is 1.